The van der Waals surface area contributed by atoms with Crippen molar-refractivity contribution < 1.29 is 22.3 Å². The number of carbonyl (C=O) groups is 1. The van der Waals surface area contributed by atoms with Gasteiger partial charge in [-0.2, -0.15) is 0 Å². The average Bonchev–Trinajstić information content (AvgIpc) is 2.81. The highest BCUT2D eigenvalue weighted by Gasteiger charge is 2.26. The molecule has 10 heteroatoms. The fourth-order valence-corrected chi connectivity index (χ4v) is 5.18. The number of rotatable bonds is 5. The Morgan fingerprint density at radius 2 is 1.84 bits per heavy atom. The molecule has 0 unspecified atom stereocenters. The predicted molar refractivity (Wildman–Crippen MR) is 118 cm³/mol. The number of aromatic nitrogens is 1. The minimum atomic E-state index is -4.03. The maximum absolute atomic E-state index is 13.3. The van der Waals surface area contributed by atoms with Crippen LogP contribution in [0.2, 0.25) is 0 Å². The lowest BCUT2D eigenvalue weighted by molar-refractivity contribution is 0.0302. The first-order valence-corrected chi connectivity index (χ1v) is 11.6. The van der Waals surface area contributed by atoms with Crippen LogP contribution < -0.4 is 9.73 Å². The number of aromatic amines is 1. The van der Waals surface area contributed by atoms with Crippen molar-refractivity contribution in [2.24, 2.45) is 0 Å². The molecule has 168 valence electrons. The van der Waals surface area contributed by atoms with Gasteiger partial charge in [0.15, 0.2) is 0 Å². The molecule has 0 atom stereocenters. The zero-order valence-electron chi connectivity index (χ0n) is 17.4. The second kappa shape index (κ2) is 8.71. The molecule has 1 amide bonds. The largest absolute Gasteiger partial charge is 0.378 e. The van der Waals surface area contributed by atoms with E-state index in [0.29, 0.717) is 37.5 Å². The third-order valence-corrected chi connectivity index (χ3v) is 7.27. The molecule has 1 saturated heterocycles. The van der Waals surface area contributed by atoms with Gasteiger partial charge in [0.2, 0.25) is 5.43 Å². The number of nitrogens with zero attached hydrogens (tertiary/aromatic N) is 2. The summed E-state index contributed by atoms with van der Waals surface area (Å²) in [5.74, 6) is -0.900. The summed E-state index contributed by atoms with van der Waals surface area (Å²) in [6.07, 6.45) is 1.35. The van der Waals surface area contributed by atoms with Gasteiger partial charge in [-0.15, -0.1) is 0 Å². The summed E-state index contributed by atoms with van der Waals surface area (Å²) in [6.45, 7) is 3.33. The molecule has 3 aromatic rings. The van der Waals surface area contributed by atoms with Crippen molar-refractivity contribution in [3.8, 4) is 0 Å². The second-order valence-corrected chi connectivity index (χ2v) is 9.15. The number of pyridine rings is 1. The molecule has 32 heavy (non-hydrogen) atoms. The van der Waals surface area contributed by atoms with Gasteiger partial charge in [-0.25, -0.2) is 12.8 Å². The van der Waals surface area contributed by atoms with Crippen LogP contribution in [0.1, 0.15) is 17.3 Å². The van der Waals surface area contributed by atoms with Crippen LogP contribution in [-0.4, -0.2) is 57.1 Å². The van der Waals surface area contributed by atoms with E-state index < -0.39 is 27.2 Å². The number of amides is 1. The van der Waals surface area contributed by atoms with Crippen molar-refractivity contribution in [1.82, 2.24) is 9.88 Å². The lowest BCUT2D eigenvalue weighted by atomic mass is 10.1. The summed E-state index contributed by atoms with van der Waals surface area (Å²) in [7, 11) is -4.03. The summed E-state index contributed by atoms with van der Waals surface area (Å²) in [5.41, 5.74) is 0.119. The van der Waals surface area contributed by atoms with E-state index in [4.69, 9.17) is 4.74 Å². The van der Waals surface area contributed by atoms with Gasteiger partial charge in [0.1, 0.15) is 11.4 Å². The molecule has 2 aromatic carbocycles. The van der Waals surface area contributed by atoms with Crippen molar-refractivity contribution in [1.29, 1.82) is 0 Å². The standard InChI is InChI=1S/C22H22FN3O5S/c1-2-26(16-5-3-15(23)4-6-16)32(29,30)17-7-8-20-18(13-17)21(27)19(14-24-20)22(28)25-9-11-31-12-10-25/h3-8,13-14H,2,9-12H2,1H3,(H,24,27). The average molecular weight is 459 g/mol. The van der Waals surface area contributed by atoms with Crippen LogP contribution in [0.25, 0.3) is 10.9 Å². The van der Waals surface area contributed by atoms with Crippen LogP contribution in [0.15, 0.2) is 58.4 Å². The second-order valence-electron chi connectivity index (χ2n) is 7.29. The van der Waals surface area contributed by atoms with E-state index in [1.54, 1.807) is 6.92 Å². The van der Waals surface area contributed by atoms with Gasteiger partial charge in [-0.3, -0.25) is 13.9 Å². The molecule has 0 saturated carbocycles. The molecular formula is C22H22FN3O5S. The molecule has 1 aliphatic rings. The molecule has 0 aliphatic carbocycles. The molecule has 0 radical (unpaired) electrons. The van der Waals surface area contributed by atoms with E-state index in [-0.39, 0.29) is 22.4 Å². The number of ether oxygens (including phenoxy) is 1. The molecule has 8 nitrogen and oxygen atoms in total. The number of nitrogens with one attached hydrogen (secondary N) is 1. The highest BCUT2D eigenvalue weighted by molar-refractivity contribution is 7.92. The molecule has 2 heterocycles. The van der Waals surface area contributed by atoms with E-state index in [1.807, 2.05) is 0 Å². The van der Waals surface area contributed by atoms with Gasteiger partial charge in [-0.05, 0) is 49.4 Å². The number of morpholine rings is 1. The highest BCUT2D eigenvalue weighted by Crippen LogP contribution is 2.25. The number of hydrogen-bond acceptors (Lipinski definition) is 5. The number of H-pyrrole nitrogens is 1. The summed E-state index contributed by atoms with van der Waals surface area (Å²) in [5, 5.41) is 0.0975. The van der Waals surface area contributed by atoms with Crippen molar-refractivity contribution in [2.45, 2.75) is 11.8 Å². The van der Waals surface area contributed by atoms with Crippen LogP contribution in [0, 0.1) is 5.82 Å². The Bertz CT molecular complexity index is 1320. The maximum atomic E-state index is 13.3. The normalized spacial score (nSPS) is 14.5. The Morgan fingerprint density at radius 3 is 2.50 bits per heavy atom. The first-order chi connectivity index (χ1) is 15.3. The lowest BCUT2D eigenvalue weighted by Crippen LogP contribution is -2.42. The van der Waals surface area contributed by atoms with Crippen molar-refractivity contribution in [3.63, 3.8) is 0 Å². The fraction of sp³-hybridized carbons (Fsp3) is 0.273. The number of carbonyl (C=O) groups excluding carboxylic acids is 1. The first-order valence-electron chi connectivity index (χ1n) is 10.1. The zero-order valence-corrected chi connectivity index (χ0v) is 18.2. The lowest BCUT2D eigenvalue weighted by Gasteiger charge is -2.26. The summed E-state index contributed by atoms with van der Waals surface area (Å²) in [6, 6.07) is 9.27. The number of hydrogen-bond donors (Lipinski definition) is 1. The number of benzene rings is 2. The molecular weight excluding hydrogens is 437 g/mol. The maximum Gasteiger partial charge on any atom is 0.264 e. The SMILES string of the molecule is CCN(c1ccc(F)cc1)S(=O)(=O)c1ccc2[nH]cc(C(=O)N3CCOCC3)c(=O)c2c1. The Balaban J connectivity index is 1.76. The van der Waals surface area contributed by atoms with E-state index in [2.05, 4.69) is 4.98 Å². The van der Waals surface area contributed by atoms with Gasteiger partial charge in [0, 0.05) is 36.7 Å². The number of halogens is 1. The topological polar surface area (TPSA) is 99.8 Å². The van der Waals surface area contributed by atoms with Gasteiger partial charge in [-0.1, -0.05) is 0 Å². The molecule has 4 rings (SSSR count). The van der Waals surface area contributed by atoms with Crippen molar-refractivity contribution in [2.75, 3.05) is 37.2 Å². The molecule has 1 aromatic heterocycles. The molecule has 0 bridgehead atoms. The Hall–Kier alpha value is -3.24. The van der Waals surface area contributed by atoms with Crippen LogP contribution >= 0.6 is 0 Å². The van der Waals surface area contributed by atoms with E-state index >= 15 is 0 Å². The third-order valence-electron chi connectivity index (χ3n) is 5.37. The number of sulfonamides is 1. The van der Waals surface area contributed by atoms with Crippen LogP contribution in [-0.2, 0) is 14.8 Å². The molecule has 1 aliphatic heterocycles. The van der Waals surface area contributed by atoms with Gasteiger partial charge in [0.05, 0.1) is 23.8 Å². The fourth-order valence-electron chi connectivity index (χ4n) is 3.68. The summed E-state index contributed by atoms with van der Waals surface area (Å²) in [4.78, 5) is 30.2. The number of anilines is 1. The minimum Gasteiger partial charge on any atom is -0.378 e. The minimum absolute atomic E-state index is 0.0557. The monoisotopic (exact) mass is 459 g/mol. The van der Waals surface area contributed by atoms with E-state index in [1.165, 1.54) is 53.6 Å². The number of fused-ring (bicyclic) bond motifs is 1. The molecule has 0 spiro atoms. The van der Waals surface area contributed by atoms with E-state index in [0.717, 1.165) is 4.31 Å². The summed E-state index contributed by atoms with van der Waals surface area (Å²) >= 11 is 0. The quantitative estimate of drug-likeness (QED) is 0.632. The third kappa shape index (κ3) is 3.98. The molecule has 1 N–H and O–H groups in total. The Kier molecular flexibility index (Phi) is 5.98. The van der Waals surface area contributed by atoms with Gasteiger partial charge >= 0.3 is 0 Å². The van der Waals surface area contributed by atoms with Crippen LogP contribution in [0.5, 0.6) is 0 Å². The van der Waals surface area contributed by atoms with Crippen LogP contribution in [0.4, 0.5) is 10.1 Å². The van der Waals surface area contributed by atoms with Crippen LogP contribution in [0.3, 0.4) is 0 Å². The summed E-state index contributed by atoms with van der Waals surface area (Å²) < 4.78 is 46.3. The Labute approximate surface area is 184 Å². The Morgan fingerprint density at radius 1 is 1.16 bits per heavy atom. The van der Waals surface area contributed by atoms with Crippen molar-refractivity contribution in [3.05, 3.63) is 70.3 Å². The van der Waals surface area contributed by atoms with Crippen molar-refractivity contribution >= 4 is 32.5 Å². The predicted octanol–water partition coefficient (Wildman–Crippen LogP) is 2.35. The first kappa shape index (κ1) is 22.0. The van der Waals surface area contributed by atoms with Gasteiger partial charge < -0.3 is 14.6 Å². The molecule has 1 fully saturated rings. The highest BCUT2D eigenvalue weighted by atomic mass is 32.2. The van der Waals surface area contributed by atoms with E-state index in [9.17, 15) is 22.4 Å². The smallest absolute Gasteiger partial charge is 0.264 e. The zero-order chi connectivity index (χ0) is 22.9. The van der Waals surface area contributed by atoms with Gasteiger partial charge in [0.25, 0.3) is 15.9 Å².